The molecule has 0 aliphatic rings. The van der Waals surface area contributed by atoms with Crippen LogP contribution < -0.4 is 10.5 Å². The zero-order valence-electron chi connectivity index (χ0n) is 10.7. The van der Waals surface area contributed by atoms with Gasteiger partial charge in [-0.15, -0.1) is 0 Å². The van der Waals surface area contributed by atoms with Crippen LogP contribution in [0.1, 0.15) is 11.1 Å². The van der Waals surface area contributed by atoms with Gasteiger partial charge in [0.1, 0.15) is 18.2 Å². The normalized spacial score (nSPS) is 10.6. The molecular formula is C15H14Cl2FNO. The molecule has 0 aliphatic heterocycles. The first-order valence-electron chi connectivity index (χ1n) is 6.15. The molecule has 2 rings (SSSR count). The zero-order chi connectivity index (χ0) is 14.5. The topological polar surface area (TPSA) is 35.2 Å². The van der Waals surface area contributed by atoms with Crippen molar-refractivity contribution < 1.29 is 9.13 Å². The summed E-state index contributed by atoms with van der Waals surface area (Å²) in [4.78, 5) is 0. The largest absolute Gasteiger partial charge is 0.489 e. The van der Waals surface area contributed by atoms with Crippen LogP contribution in [0.15, 0.2) is 36.4 Å². The molecule has 2 nitrogen and oxygen atoms in total. The van der Waals surface area contributed by atoms with Crippen molar-refractivity contribution in [1.29, 1.82) is 0 Å². The Kier molecular flexibility index (Phi) is 5.24. The van der Waals surface area contributed by atoms with Gasteiger partial charge in [-0.2, -0.15) is 0 Å². The van der Waals surface area contributed by atoms with Gasteiger partial charge in [-0.1, -0.05) is 29.3 Å². The Morgan fingerprint density at radius 2 is 1.80 bits per heavy atom. The van der Waals surface area contributed by atoms with Gasteiger partial charge in [-0.25, -0.2) is 4.39 Å². The fourth-order valence-electron chi connectivity index (χ4n) is 1.81. The molecule has 0 spiro atoms. The molecule has 0 amide bonds. The van der Waals surface area contributed by atoms with E-state index in [1.54, 1.807) is 18.2 Å². The summed E-state index contributed by atoms with van der Waals surface area (Å²) in [5.41, 5.74) is 7.15. The molecule has 0 radical (unpaired) electrons. The second kappa shape index (κ2) is 6.93. The molecule has 0 saturated heterocycles. The Labute approximate surface area is 127 Å². The number of nitrogens with two attached hydrogens (primary N) is 1. The van der Waals surface area contributed by atoms with Crippen molar-refractivity contribution in [2.45, 2.75) is 13.0 Å². The molecule has 0 aromatic heterocycles. The number of rotatable bonds is 5. The number of hydrogen-bond acceptors (Lipinski definition) is 2. The third-order valence-corrected chi connectivity index (χ3v) is 3.49. The maximum absolute atomic E-state index is 13.4. The summed E-state index contributed by atoms with van der Waals surface area (Å²) in [6, 6.07) is 9.83. The molecule has 0 aliphatic carbocycles. The first-order valence-corrected chi connectivity index (χ1v) is 6.90. The van der Waals surface area contributed by atoms with Gasteiger partial charge in [0.15, 0.2) is 0 Å². The van der Waals surface area contributed by atoms with E-state index in [4.69, 9.17) is 33.7 Å². The quantitative estimate of drug-likeness (QED) is 0.897. The van der Waals surface area contributed by atoms with Gasteiger partial charge in [0.2, 0.25) is 0 Å². The van der Waals surface area contributed by atoms with Crippen molar-refractivity contribution in [3.63, 3.8) is 0 Å². The van der Waals surface area contributed by atoms with E-state index in [1.807, 2.05) is 6.07 Å². The average Bonchev–Trinajstić information content (AvgIpc) is 2.40. The van der Waals surface area contributed by atoms with Crippen molar-refractivity contribution in [3.05, 3.63) is 63.4 Å². The van der Waals surface area contributed by atoms with E-state index in [9.17, 15) is 4.39 Å². The summed E-state index contributed by atoms with van der Waals surface area (Å²) in [5.74, 6) is 0.139. The molecule has 2 aromatic carbocycles. The van der Waals surface area contributed by atoms with Gasteiger partial charge in [-0.05, 0) is 48.4 Å². The molecule has 2 aromatic rings. The Morgan fingerprint density at radius 1 is 1.00 bits per heavy atom. The zero-order valence-corrected chi connectivity index (χ0v) is 12.2. The minimum absolute atomic E-state index is 0.294. The molecule has 0 heterocycles. The van der Waals surface area contributed by atoms with Gasteiger partial charge in [0.05, 0.1) is 10.0 Å². The molecule has 0 unspecified atom stereocenters. The highest BCUT2D eigenvalue weighted by molar-refractivity contribution is 6.42. The number of hydrogen-bond donors (Lipinski definition) is 1. The molecule has 106 valence electrons. The minimum atomic E-state index is -0.333. The predicted molar refractivity (Wildman–Crippen MR) is 80.0 cm³/mol. The smallest absolute Gasteiger partial charge is 0.127 e. The van der Waals surface area contributed by atoms with Gasteiger partial charge in [0, 0.05) is 6.07 Å². The van der Waals surface area contributed by atoms with Crippen molar-refractivity contribution in [2.24, 2.45) is 5.73 Å². The van der Waals surface area contributed by atoms with E-state index in [0.29, 0.717) is 35.4 Å². The maximum atomic E-state index is 13.4. The standard InChI is InChI=1S/C15H14Cl2FNO/c16-14-2-1-11(7-15(14)17)9-20-13-6-10(3-4-19)5-12(18)8-13/h1-2,5-8H,3-4,9,19H2. The second-order valence-electron chi connectivity index (χ2n) is 4.37. The molecule has 0 atom stereocenters. The first kappa shape index (κ1) is 15.1. The van der Waals surface area contributed by atoms with E-state index >= 15 is 0 Å². The lowest BCUT2D eigenvalue weighted by molar-refractivity contribution is 0.304. The summed E-state index contributed by atoms with van der Waals surface area (Å²) in [6.45, 7) is 0.762. The van der Waals surface area contributed by atoms with E-state index < -0.39 is 0 Å². The summed E-state index contributed by atoms with van der Waals surface area (Å²) < 4.78 is 19.0. The van der Waals surface area contributed by atoms with Gasteiger partial charge in [-0.3, -0.25) is 0 Å². The molecule has 0 fully saturated rings. The van der Waals surface area contributed by atoms with Crippen LogP contribution in [-0.2, 0) is 13.0 Å². The summed E-state index contributed by atoms with van der Waals surface area (Å²) >= 11 is 11.8. The van der Waals surface area contributed by atoms with Crippen LogP contribution in [0.25, 0.3) is 0 Å². The van der Waals surface area contributed by atoms with Gasteiger partial charge >= 0.3 is 0 Å². The highest BCUT2D eigenvalue weighted by Gasteiger charge is 2.04. The van der Waals surface area contributed by atoms with E-state index in [2.05, 4.69) is 0 Å². The molecule has 20 heavy (non-hydrogen) atoms. The fourth-order valence-corrected chi connectivity index (χ4v) is 2.13. The van der Waals surface area contributed by atoms with E-state index in [-0.39, 0.29) is 5.82 Å². The Morgan fingerprint density at radius 3 is 2.50 bits per heavy atom. The summed E-state index contributed by atoms with van der Waals surface area (Å²) in [6.07, 6.45) is 0.612. The SMILES string of the molecule is NCCc1cc(F)cc(OCc2ccc(Cl)c(Cl)c2)c1. The van der Waals surface area contributed by atoms with E-state index in [1.165, 1.54) is 12.1 Å². The first-order chi connectivity index (χ1) is 9.58. The molecule has 2 N–H and O–H groups in total. The van der Waals surface area contributed by atoms with E-state index in [0.717, 1.165) is 11.1 Å². The monoisotopic (exact) mass is 313 g/mol. The van der Waals surface area contributed by atoms with Crippen LogP contribution in [0.5, 0.6) is 5.75 Å². The van der Waals surface area contributed by atoms with Crippen LogP contribution in [0.2, 0.25) is 10.0 Å². The minimum Gasteiger partial charge on any atom is -0.489 e. The Hall–Kier alpha value is -1.29. The molecule has 5 heteroatoms. The third kappa shape index (κ3) is 4.10. The molecule has 0 bridgehead atoms. The number of benzene rings is 2. The highest BCUT2D eigenvalue weighted by atomic mass is 35.5. The predicted octanol–water partition coefficient (Wildman–Crippen LogP) is 4.21. The summed E-state index contributed by atoms with van der Waals surface area (Å²) in [5, 5.41) is 0.960. The second-order valence-corrected chi connectivity index (χ2v) is 5.19. The van der Waals surface area contributed by atoms with Crippen molar-refractivity contribution >= 4 is 23.2 Å². The van der Waals surface area contributed by atoms with Crippen LogP contribution in [0.4, 0.5) is 4.39 Å². The average molecular weight is 314 g/mol. The number of ether oxygens (including phenoxy) is 1. The lowest BCUT2D eigenvalue weighted by Gasteiger charge is -2.09. The van der Waals surface area contributed by atoms with Crippen LogP contribution in [-0.4, -0.2) is 6.54 Å². The lowest BCUT2D eigenvalue weighted by Crippen LogP contribution is -2.03. The van der Waals surface area contributed by atoms with Crippen LogP contribution in [0.3, 0.4) is 0 Å². The number of halogens is 3. The molecular weight excluding hydrogens is 300 g/mol. The summed E-state index contributed by atoms with van der Waals surface area (Å²) in [7, 11) is 0. The lowest BCUT2D eigenvalue weighted by atomic mass is 10.1. The van der Waals surface area contributed by atoms with Gasteiger partial charge in [0.25, 0.3) is 0 Å². The molecule has 0 saturated carbocycles. The third-order valence-electron chi connectivity index (χ3n) is 2.75. The Balaban J connectivity index is 2.08. The Bertz CT molecular complexity index is 604. The van der Waals surface area contributed by atoms with Crippen LogP contribution >= 0.6 is 23.2 Å². The van der Waals surface area contributed by atoms with Gasteiger partial charge < -0.3 is 10.5 Å². The fraction of sp³-hybridized carbons (Fsp3) is 0.200. The van der Waals surface area contributed by atoms with Crippen LogP contribution in [0, 0.1) is 5.82 Å². The van der Waals surface area contributed by atoms with Crippen molar-refractivity contribution in [1.82, 2.24) is 0 Å². The maximum Gasteiger partial charge on any atom is 0.127 e. The highest BCUT2D eigenvalue weighted by Crippen LogP contribution is 2.24. The van der Waals surface area contributed by atoms with Crippen molar-refractivity contribution in [2.75, 3.05) is 6.54 Å². The van der Waals surface area contributed by atoms with Crippen molar-refractivity contribution in [3.8, 4) is 5.75 Å².